The van der Waals surface area contributed by atoms with Gasteiger partial charge in [0.25, 0.3) is 0 Å². The van der Waals surface area contributed by atoms with Crippen molar-refractivity contribution in [2.75, 3.05) is 0 Å². The summed E-state index contributed by atoms with van der Waals surface area (Å²) in [7, 11) is 0. The van der Waals surface area contributed by atoms with Crippen molar-refractivity contribution in [3.63, 3.8) is 0 Å². The van der Waals surface area contributed by atoms with Crippen molar-refractivity contribution in [3.8, 4) is 0 Å². The Bertz CT molecular complexity index is 262. The Kier molecular flexibility index (Phi) is 4.88. The summed E-state index contributed by atoms with van der Waals surface area (Å²) in [6.45, 7) is 4.45. The molecule has 0 saturated carbocycles. The van der Waals surface area contributed by atoms with Gasteiger partial charge in [-0.15, -0.1) is 0 Å². The van der Waals surface area contributed by atoms with E-state index in [0.717, 1.165) is 6.42 Å². The Morgan fingerprint density at radius 2 is 1.92 bits per heavy atom. The maximum absolute atomic E-state index is 2.37. The third kappa shape index (κ3) is 3.80. The zero-order valence-corrected chi connectivity index (χ0v) is 10.00. The molecule has 0 N–H and O–H groups in total. The van der Waals surface area contributed by atoms with Crippen LogP contribution < -0.4 is 4.46 Å². The minimum absolute atomic E-state index is 0.548. The summed E-state index contributed by atoms with van der Waals surface area (Å²) in [6.07, 6.45) is 4.73. The molecule has 0 nitrogen and oxygen atoms in total. The molecule has 1 rings (SSSR count). The van der Waals surface area contributed by atoms with Crippen LogP contribution in [0.4, 0.5) is 0 Å². The van der Waals surface area contributed by atoms with Crippen LogP contribution in [0.2, 0.25) is 0 Å². The van der Waals surface area contributed by atoms with Gasteiger partial charge in [-0.1, -0.05) is 0 Å². The standard InChI is InChI=1S/C12H16Se/c1-3-8-11(4-2)13-12-9-6-5-7-10-12/h5-10H,3-4H2,1-2H3/b11-8+. The van der Waals surface area contributed by atoms with Crippen LogP contribution in [-0.2, 0) is 0 Å². The van der Waals surface area contributed by atoms with Crippen LogP contribution in [0.15, 0.2) is 40.9 Å². The molecule has 0 aliphatic heterocycles. The topological polar surface area (TPSA) is 0 Å². The van der Waals surface area contributed by atoms with Gasteiger partial charge in [-0.3, -0.25) is 0 Å². The van der Waals surface area contributed by atoms with E-state index in [4.69, 9.17) is 0 Å². The van der Waals surface area contributed by atoms with E-state index in [9.17, 15) is 0 Å². The van der Waals surface area contributed by atoms with E-state index in [1.54, 1.807) is 4.47 Å². The van der Waals surface area contributed by atoms with Gasteiger partial charge < -0.3 is 0 Å². The molecule has 0 heterocycles. The molecule has 0 unspecified atom stereocenters. The zero-order chi connectivity index (χ0) is 9.52. The molecule has 1 aromatic carbocycles. The fraction of sp³-hybridized carbons (Fsp3) is 0.333. The third-order valence-electron chi connectivity index (χ3n) is 1.77. The van der Waals surface area contributed by atoms with Crippen LogP contribution in [-0.4, -0.2) is 15.0 Å². The summed E-state index contributed by atoms with van der Waals surface area (Å²) in [5, 5.41) is 0. The zero-order valence-electron chi connectivity index (χ0n) is 8.29. The molecule has 0 bridgehead atoms. The summed E-state index contributed by atoms with van der Waals surface area (Å²) < 4.78 is 3.10. The second-order valence-electron chi connectivity index (χ2n) is 2.85. The van der Waals surface area contributed by atoms with Crippen LogP contribution in [0, 0.1) is 0 Å². The monoisotopic (exact) mass is 240 g/mol. The molecule has 0 amide bonds. The SMILES string of the molecule is CC/C=C(\CC)[Se]c1ccccc1. The summed E-state index contributed by atoms with van der Waals surface area (Å²) in [5.74, 6) is 0. The molecule has 0 aliphatic rings. The van der Waals surface area contributed by atoms with E-state index in [1.165, 1.54) is 10.9 Å². The first-order chi connectivity index (χ1) is 6.36. The normalized spacial score (nSPS) is 11.7. The first-order valence-corrected chi connectivity index (χ1v) is 6.50. The molecule has 0 radical (unpaired) electrons. The van der Waals surface area contributed by atoms with Crippen LogP contribution in [0.3, 0.4) is 0 Å². The fourth-order valence-corrected chi connectivity index (χ4v) is 3.20. The van der Waals surface area contributed by atoms with E-state index in [2.05, 4.69) is 50.3 Å². The van der Waals surface area contributed by atoms with Crippen molar-refractivity contribution in [1.82, 2.24) is 0 Å². The number of allylic oxidation sites excluding steroid dienone is 2. The number of benzene rings is 1. The predicted octanol–water partition coefficient (Wildman–Crippen LogP) is 2.72. The van der Waals surface area contributed by atoms with Crippen LogP contribution in [0.25, 0.3) is 0 Å². The van der Waals surface area contributed by atoms with Crippen molar-refractivity contribution < 1.29 is 0 Å². The van der Waals surface area contributed by atoms with E-state index in [1.807, 2.05) is 0 Å². The van der Waals surface area contributed by atoms with Crippen LogP contribution >= 0.6 is 0 Å². The molecule has 0 fully saturated rings. The first-order valence-electron chi connectivity index (χ1n) is 4.78. The van der Waals surface area contributed by atoms with Crippen molar-refractivity contribution in [2.45, 2.75) is 26.7 Å². The van der Waals surface area contributed by atoms with Gasteiger partial charge in [0.05, 0.1) is 0 Å². The molecule has 0 atom stereocenters. The minimum atomic E-state index is 0.548. The molecule has 70 valence electrons. The molecule has 0 spiro atoms. The molecule has 1 heteroatoms. The Morgan fingerprint density at radius 1 is 1.23 bits per heavy atom. The quantitative estimate of drug-likeness (QED) is 0.709. The second-order valence-corrected chi connectivity index (χ2v) is 5.36. The number of rotatable bonds is 4. The second kappa shape index (κ2) is 6.01. The Morgan fingerprint density at radius 3 is 2.46 bits per heavy atom. The molecule has 0 saturated heterocycles. The van der Waals surface area contributed by atoms with Gasteiger partial charge >= 0.3 is 87.0 Å². The van der Waals surface area contributed by atoms with Crippen molar-refractivity contribution in [3.05, 3.63) is 40.9 Å². The van der Waals surface area contributed by atoms with Crippen molar-refractivity contribution in [1.29, 1.82) is 0 Å². The maximum atomic E-state index is 2.37. The van der Waals surface area contributed by atoms with Gasteiger partial charge in [0.2, 0.25) is 0 Å². The molecular weight excluding hydrogens is 223 g/mol. The average Bonchev–Trinajstić information content (AvgIpc) is 2.19. The summed E-state index contributed by atoms with van der Waals surface area (Å²) >= 11 is 0.548. The van der Waals surface area contributed by atoms with E-state index >= 15 is 0 Å². The van der Waals surface area contributed by atoms with Gasteiger partial charge in [0.1, 0.15) is 0 Å². The van der Waals surface area contributed by atoms with Crippen LogP contribution in [0.5, 0.6) is 0 Å². The van der Waals surface area contributed by atoms with Crippen LogP contribution in [0.1, 0.15) is 26.7 Å². The number of hydrogen-bond acceptors (Lipinski definition) is 0. The third-order valence-corrected chi connectivity index (χ3v) is 4.34. The first kappa shape index (κ1) is 10.6. The summed E-state index contributed by atoms with van der Waals surface area (Å²) in [6, 6.07) is 10.8. The molecular formula is C12H16Se. The predicted molar refractivity (Wildman–Crippen MR) is 60.5 cm³/mol. The van der Waals surface area contributed by atoms with E-state index in [-0.39, 0.29) is 0 Å². The van der Waals surface area contributed by atoms with Gasteiger partial charge in [-0.25, -0.2) is 0 Å². The van der Waals surface area contributed by atoms with Crippen molar-refractivity contribution in [2.24, 2.45) is 0 Å². The Labute approximate surface area is 87.2 Å². The molecule has 0 aliphatic carbocycles. The van der Waals surface area contributed by atoms with Gasteiger partial charge in [0, 0.05) is 0 Å². The summed E-state index contributed by atoms with van der Waals surface area (Å²) in [5.41, 5.74) is 0. The molecule has 13 heavy (non-hydrogen) atoms. The van der Waals surface area contributed by atoms with E-state index < -0.39 is 0 Å². The van der Waals surface area contributed by atoms with Gasteiger partial charge in [0.15, 0.2) is 0 Å². The molecule has 1 aromatic rings. The average molecular weight is 239 g/mol. The van der Waals surface area contributed by atoms with Crippen molar-refractivity contribution >= 4 is 19.4 Å². The Hall–Kier alpha value is -0.521. The van der Waals surface area contributed by atoms with Gasteiger partial charge in [-0.05, 0) is 0 Å². The fourth-order valence-electron chi connectivity index (χ4n) is 1.13. The summed E-state index contributed by atoms with van der Waals surface area (Å²) in [4.78, 5) is 0. The van der Waals surface area contributed by atoms with Gasteiger partial charge in [-0.2, -0.15) is 0 Å². The molecule has 0 aromatic heterocycles. The Balaban J connectivity index is 2.62. The number of hydrogen-bond donors (Lipinski definition) is 0. The van der Waals surface area contributed by atoms with E-state index in [0.29, 0.717) is 15.0 Å².